The summed E-state index contributed by atoms with van der Waals surface area (Å²) in [4.78, 5) is 42.5. The van der Waals surface area contributed by atoms with Crippen LogP contribution >= 0.6 is 7.82 Å². The highest BCUT2D eigenvalue weighted by atomic mass is 31.2. The van der Waals surface area contributed by atoms with E-state index in [1.54, 1.807) is 13.8 Å². The molecular weight excluding hydrogens is 430 g/mol. The van der Waals surface area contributed by atoms with Crippen LogP contribution in [0.15, 0.2) is 23.8 Å². The van der Waals surface area contributed by atoms with E-state index in [4.69, 9.17) is 9.79 Å². The van der Waals surface area contributed by atoms with Crippen LogP contribution in [-0.4, -0.2) is 55.5 Å². The van der Waals surface area contributed by atoms with Gasteiger partial charge in [0.2, 0.25) is 0 Å². The van der Waals surface area contributed by atoms with Crippen molar-refractivity contribution in [2.75, 3.05) is 6.61 Å². The van der Waals surface area contributed by atoms with Gasteiger partial charge >= 0.3 is 7.82 Å². The molecule has 4 N–H and O–H groups in total. The molecule has 0 aliphatic heterocycles. The van der Waals surface area contributed by atoms with Gasteiger partial charge in [-0.05, 0) is 57.1 Å². The summed E-state index contributed by atoms with van der Waals surface area (Å²) in [6.07, 6.45) is 3.73. The zero-order valence-electron chi connectivity index (χ0n) is 17.5. The molecule has 0 saturated heterocycles. The lowest BCUT2D eigenvalue weighted by Gasteiger charge is -2.62. The van der Waals surface area contributed by atoms with Gasteiger partial charge in [0, 0.05) is 16.7 Å². The van der Waals surface area contributed by atoms with Crippen LogP contribution in [-0.2, 0) is 18.7 Å². The fraction of sp³-hybridized carbons (Fsp3) is 0.714. The normalized spacial score (nSPS) is 46.7. The van der Waals surface area contributed by atoms with Crippen LogP contribution in [0.25, 0.3) is 0 Å². The maximum atomic E-state index is 16.9. The fourth-order valence-corrected chi connectivity index (χ4v) is 7.22. The predicted molar refractivity (Wildman–Crippen MR) is 106 cm³/mol. The molecule has 0 aromatic heterocycles. The van der Waals surface area contributed by atoms with E-state index in [0.717, 1.165) is 0 Å². The Hall–Kier alpha value is -1.22. The van der Waals surface area contributed by atoms with Gasteiger partial charge in [0.05, 0.1) is 6.10 Å². The van der Waals surface area contributed by atoms with E-state index in [2.05, 4.69) is 4.52 Å². The van der Waals surface area contributed by atoms with Crippen molar-refractivity contribution >= 4 is 19.4 Å². The molecule has 0 heterocycles. The molecule has 172 valence electrons. The number of aliphatic hydroxyl groups excluding tert-OH is 1. The highest BCUT2D eigenvalue weighted by Crippen LogP contribution is 2.69. The van der Waals surface area contributed by atoms with Gasteiger partial charge < -0.3 is 20.0 Å². The first-order valence-electron chi connectivity index (χ1n) is 10.5. The lowest BCUT2D eigenvalue weighted by atomic mass is 9.44. The maximum Gasteiger partial charge on any atom is 0.470 e. The smallest absolute Gasteiger partial charge is 0.390 e. The van der Waals surface area contributed by atoms with Crippen molar-refractivity contribution in [1.82, 2.24) is 0 Å². The highest BCUT2D eigenvalue weighted by molar-refractivity contribution is 7.46. The molecule has 10 heteroatoms. The molecule has 4 rings (SSSR count). The van der Waals surface area contributed by atoms with Crippen molar-refractivity contribution in [3.8, 4) is 0 Å². The molecule has 8 nitrogen and oxygen atoms in total. The summed E-state index contributed by atoms with van der Waals surface area (Å²) in [5.74, 6) is -2.19. The van der Waals surface area contributed by atoms with Gasteiger partial charge in [-0.3, -0.25) is 14.1 Å². The molecule has 0 aromatic carbocycles. The van der Waals surface area contributed by atoms with Gasteiger partial charge in [-0.25, -0.2) is 8.96 Å². The number of ketones is 2. The van der Waals surface area contributed by atoms with Crippen LogP contribution in [0.3, 0.4) is 0 Å². The van der Waals surface area contributed by atoms with Crippen LogP contribution < -0.4 is 0 Å². The molecule has 31 heavy (non-hydrogen) atoms. The minimum Gasteiger partial charge on any atom is -0.390 e. The zero-order valence-corrected chi connectivity index (χ0v) is 18.3. The molecule has 4 aliphatic carbocycles. The monoisotopic (exact) mass is 458 g/mol. The number of carbonyl (C=O) groups excluding carboxylic acids is 2. The molecule has 7 atom stereocenters. The number of fused-ring (bicyclic) bond motifs is 5. The van der Waals surface area contributed by atoms with Crippen LogP contribution in [0.1, 0.15) is 46.0 Å². The van der Waals surface area contributed by atoms with Gasteiger partial charge in [-0.1, -0.05) is 18.6 Å². The predicted octanol–water partition coefficient (Wildman–Crippen LogP) is 1.77. The summed E-state index contributed by atoms with van der Waals surface area (Å²) in [5, 5.41) is 22.5. The van der Waals surface area contributed by atoms with Crippen LogP contribution in [0.2, 0.25) is 0 Å². The molecule has 1 unspecified atom stereocenters. The van der Waals surface area contributed by atoms with Gasteiger partial charge in [0.15, 0.2) is 17.2 Å². The Morgan fingerprint density at radius 3 is 2.61 bits per heavy atom. The van der Waals surface area contributed by atoms with Gasteiger partial charge in [0.25, 0.3) is 0 Å². The summed E-state index contributed by atoms with van der Waals surface area (Å²) >= 11 is 0. The largest absolute Gasteiger partial charge is 0.470 e. The molecule has 3 saturated carbocycles. The summed E-state index contributed by atoms with van der Waals surface area (Å²) < 4.78 is 32.2. The number of phosphoric ester groups is 1. The third kappa shape index (κ3) is 3.01. The number of allylic oxidation sites excluding steroid dienone is 4. The van der Waals surface area contributed by atoms with Crippen molar-refractivity contribution in [2.45, 2.75) is 63.3 Å². The minimum absolute atomic E-state index is 0.00937. The number of halogens is 1. The van der Waals surface area contributed by atoms with E-state index in [-0.39, 0.29) is 18.6 Å². The van der Waals surface area contributed by atoms with E-state index in [0.29, 0.717) is 24.8 Å². The molecular formula is C21H28FO8P. The summed E-state index contributed by atoms with van der Waals surface area (Å²) in [5.41, 5.74) is -5.78. The third-order valence-electron chi connectivity index (χ3n) is 8.62. The first-order valence-corrected chi connectivity index (χ1v) is 12.0. The number of hydrogen-bond acceptors (Lipinski definition) is 6. The Morgan fingerprint density at radius 1 is 1.29 bits per heavy atom. The van der Waals surface area contributed by atoms with Crippen molar-refractivity contribution in [1.29, 1.82) is 0 Å². The Balaban J connectivity index is 1.70. The van der Waals surface area contributed by atoms with Crippen molar-refractivity contribution in [3.05, 3.63) is 23.8 Å². The molecule has 0 spiro atoms. The van der Waals surface area contributed by atoms with E-state index in [1.807, 2.05) is 0 Å². The molecule has 0 bridgehead atoms. The van der Waals surface area contributed by atoms with E-state index < -0.39 is 60.3 Å². The summed E-state index contributed by atoms with van der Waals surface area (Å²) in [6, 6.07) is 0. The minimum atomic E-state index is -4.91. The molecule has 4 aliphatic rings. The average Bonchev–Trinajstić information content (AvgIpc) is 2.93. The number of carbonyl (C=O) groups is 2. The number of rotatable bonds is 4. The van der Waals surface area contributed by atoms with Crippen LogP contribution in [0.5, 0.6) is 0 Å². The Labute approximate surface area is 179 Å². The number of alkyl halides is 1. The highest BCUT2D eigenvalue weighted by Gasteiger charge is 2.74. The lowest BCUT2D eigenvalue weighted by Crippen LogP contribution is -2.69. The number of Topliss-reactive ketones (excluding diaryl/α,β-unsaturated/α-hetero) is 1. The number of phosphoric acid groups is 1. The Morgan fingerprint density at radius 2 is 1.97 bits per heavy atom. The zero-order chi connectivity index (χ0) is 23.0. The Bertz CT molecular complexity index is 942. The number of aliphatic hydroxyl groups is 2. The topological polar surface area (TPSA) is 141 Å². The number of hydrogen-bond donors (Lipinski definition) is 4. The molecule has 0 aromatic rings. The first-order chi connectivity index (χ1) is 14.2. The lowest BCUT2D eigenvalue weighted by molar-refractivity contribution is -0.217. The molecule has 3 fully saturated rings. The van der Waals surface area contributed by atoms with E-state index in [1.165, 1.54) is 18.2 Å². The van der Waals surface area contributed by atoms with Gasteiger partial charge in [-0.2, -0.15) is 0 Å². The average molecular weight is 458 g/mol. The van der Waals surface area contributed by atoms with E-state index >= 15 is 4.39 Å². The van der Waals surface area contributed by atoms with Crippen LogP contribution in [0, 0.1) is 22.7 Å². The van der Waals surface area contributed by atoms with Crippen molar-refractivity contribution in [2.24, 2.45) is 22.7 Å². The second kappa shape index (κ2) is 6.89. The standard InChI is InChI=1S/C21H28FO8P/c1-18-7-5-13(23)9-12(18)3-4-15-14-6-8-20(26,17(25)11-30-31(27,28)29)19(14,2)10-16(24)21(15,18)22/h5,7,9,14-16,24,26H,3-4,6,8,10-11H2,1-2H3,(H2,27,28,29)/t14-,15-,16?,18-,19-,20-,21-/m0/s1. The van der Waals surface area contributed by atoms with Crippen molar-refractivity contribution in [3.63, 3.8) is 0 Å². The van der Waals surface area contributed by atoms with Crippen molar-refractivity contribution < 1.29 is 43.1 Å². The summed E-state index contributed by atoms with van der Waals surface area (Å²) in [6.45, 7) is 2.34. The third-order valence-corrected chi connectivity index (χ3v) is 9.08. The second-order valence-electron chi connectivity index (χ2n) is 9.85. The first kappa shape index (κ1) is 23.0. The van der Waals surface area contributed by atoms with Gasteiger partial charge in [0.1, 0.15) is 12.2 Å². The Kier molecular flexibility index (Phi) is 5.10. The van der Waals surface area contributed by atoms with E-state index in [9.17, 15) is 24.4 Å². The second-order valence-corrected chi connectivity index (χ2v) is 11.1. The molecule has 0 amide bonds. The quantitative estimate of drug-likeness (QED) is 0.467. The fourth-order valence-electron chi connectivity index (χ4n) is 6.94. The SMILES string of the molecule is C[C@]12C=CC(=O)C=C1CC[C@H]1[C@@H]3CC[C@](O)(C(=O)COP(=O)(O)O)[C@@]3(C)CC(O)[C@@]12F. The van der Waals surface area contributed by atoms with Crippen LogP contribution in [0.4, 0.5) is 4.39 Å². The maximum absolute atomic E-state index is 16.9. The van der Waals surface area contributed by atoms with Gasteiger partial charge in [-0.15, -0.1) is 0 Å². The summed E-state index contributed by atoms with van der Waals surface area (Å²) in [7, 11) is -4.91. The molecule has 0 radical (unpaired) electrons.